The average molecular weight is 407 g/mol. The standard InChI is InChI=1S/C19H25N3O5S/c1-11(18(24)21-19-13(17(20)23)8-9-28-19)22(2)10-12-6-7-14(25-3)16(27-5)15(12)26-4/h6-9,11H,10H2,1-5H3,(H2,20,23)(H,21,24). The minimum atomic E-state index is -0.576. The van der Waals surface area contributed by atoms with Crippen LogP contribution in [-0.2, 0) is 11.3 Å². The molecular formula is C19H25N3O5S. The Morgan fingerprint density at radius 2 is 1.82 bits per heavy atom. The van der Waals surface area contributed by atoms with Crippen LogP contribution < -0.4 is 25.3 Å². The third-order valence-corrected chi connectivity index (χ3v) is 5.24. The molecule has 0 saturated carbocycles. The first-order valence-electron chi connectivity index (χ1n) is 8.50. The lowest BCUT2D eigenvalue weighted by Gasteiger charge is -2.25. The summed E-state index contributed by atoms with van der Waals surface area (Å²) in [5, 5.41) is 4.92. The van der Waals surface area contributed by atoms with Gasteiger partial charge in [-0.1, -0.05) is 6.07 Å². The van der Waals surface area contributed by atoms with Gasteiger partial charge in [-0.2, -0.15) is 0 Å². The van der Waals surface area contributed by atoms with Crippen molar-refractivity contribution in [3.05, 3.63) is 34.7 Å². The maximum Gasteiger partial charge on any atom is 0.251 e. The van der Waals surface area contributed by atoms with Crippen molar-refractivity contribution in [1.29, 1.82) is 0 Å². The second kappa shape index (κ2) is 9.43. The first-order valence-corrected chi connectivity index (χ1v) is 9.38. The average Bonchev–Trinajstić information content (AvgIpc) is 3.14. The monoisotopic (exact) mass is 407 g/mol. The third kappa shape index (κ3) is 4.55. The molecule has 1 aromatic heterocycles. The van der Waals surface area contributed by atoms with Crippen molar-refractivity contribution >= 4 is 28.2 Å². The van der Waals surface area contributed by atoms with Gasteiger partial charge in [0.15, 0.2) is 11.5 Å². The fraction of sp³-hybridized carbons (Fsp3) is 0.368. The number of amides is 2. The van der Waals surface area contributed by atoms with Crippen LogP contribution in [-0.4, -0.2) is 51.1 Å². The molecule has 0 bridgehead atoms. The highest BCUT2D eigenvalue weighted by Crippen LogP contribution is 2.40. The van der Waals surface area contributed by atoms with E-state index in [1.807, 2.05) is 18.0 Å². The summed E-state index contributed by atoms with van der Waals surface area (Å²) in [7, 11) is 6.48. The number of carbonyl (C=O) groups excluding carboxylic acids is 2. The number of nitrogens with zero attached hydrogens (tertiary/aromatic N) is 1. The normalized spacial score (nSPS) is 11.8. The van der Waals surface area contributed by atoms with Gasteiger partial charge in [0.05, 0.1) is 32.9 Å². The predicted octanol–water partition coefficient (Wildman–Crippen LogP) is 2.33. The summed E-state index contributed by atoms with van der Waals surface area (Å²) in [6.45, 7) is 2.21. The van der Waals surface area contributed by atoms with Crippen LogP contribution in [0.1, 0.15) is 22.8 Å². The minimum absolute atomic E-state index is 0.244. The number of methoxy groups -OCH3 is 3. The van der Waals surface area contributed by atoms with Crippen LogP contribution >= 0.6 is 11.3 Å². The molecule has 0 fully saturated rings. The molecule has 0 aliphatic rings. The number of anilines is 1. The maximum atomic E-state index is 12.6. The molecule has 1 heterocycles. The summed E-state index contributed by atoms with van der Waals surface area (Å²) in [6, 6.07) is 4.78. The maximum absolute atomic E-state index is 12.6. The van der Waals surface area contributed by atoms with Gasteiger partial charge < -0.3 is 25.3 Å². The molecule has 0 aliphatic carbocycles. The van der Waals surface area contributed by atoms with Crippen LogP contribution in [0.15, 0.2) is 23.6 Å². The highest BCUT2D eigenvalue weighted by molar-refractivity contribution is 7.14. The van der Waals surface area contributed by atoms with Crippen LogP contribution in [0.4, 0.5) is 5.00 Å². The molecule has 1 atom stereocenters. The molecule has 0 radical (unpaired) electrons. The van der Waals surface area contributed by atoms with E-state index < -0.39 is 11.9 Å². The second-order valence-electron chi connectivity index (χ2n) is 6.10. The molecule has 0 spiro atoms. The number of hydrogen-bond acceptors (Lipinski definition) is 7. The number of likely N-dealkylation sites (N-methyl/N-ethyl adjacent to an activating group) is 1. The highest BCUT2D eigenvalue weighted by Gasteiger charge is 2.23. The second-order valence-corrected chi connectivity index (χ2v) is 7.02. The molecule has 2 rings (SSSR count). The van der Waals surface area contributed by atoms with Gasteiger partial charge in [-0.3, -0.25) is 14.5 Å². The number of nitrogens with two attached hydrogens (primary N) is 1. The molecule has 0 saturated heterocycles. The van der Waals surface area contributed by atoms with Crippen LogP contribution in [0.2, 0.25) is 0 Å². The van der Waals surface area contributed by atoms with E-state index in [0.717, 1.165) is 5.56 Å². The smallest absolute Gasteiger partial charge is 0.251 e. The lowest BCUT2D eigenvalue weighted by molar-refractivity contribution is -0.120. The largest absolute Gasteiger partial charge is 0.493 e. The van der Waals surface area contributed by atoms with Crippen molar-refractivity contribution in [3.63, 3.8) is 0 Å². The van der Waals surface area contributed by atoms with Crippen molar-refractivity contribution in [3.8, 4) is 17.2 Å². The van der Waals surface area contributed by atoms with E-state index in [-0.39, 0.29) is 5.91 Å². The Kier molecular flexibility index (Phi) is 7.24. The minimum Gasteiger partial charge on any atom is -0.493 e. The summed E-state index contributed by atoms with van der Waals surface area (Å²) in [5.41, 5.74) is 6.47. The van der Waals surface area contributed by atoms with Crippen molar-refractivity contribution in [2.75, 3.05) is 33.7 Å². The number of nitrogens with one attached hydrogen (secondary N) is 1. The van der Waals surface area contributed by atoms with Gasteiger partial charge in [-0.15, -0.1) is 11.3 Å². The van der Waals surface area contributed by atoms with Gasteiger partial charge in [-0.25, -0.2) is 0 Å². The summed E-state index contributed by atoms with van der Waals surface area (Å²) in [5.74, 6) is 0.793. The molecule has 3 N–H and O–H groups in total. The van der Waals surface area contributed by atoms with Gasteiger partial charge in [0.1, 0.15) is 5.00 Å². The van der Waals surface area contributed by atoms with Crippen molar-refractivity contribution in [2.24, 2.45) is 5.73 Å². The summed E-state index contributed by atoms with van der Waals surface area (Å²) in [6.07, 6.45) is 0. The highest BCUT2D eigenvalue weighted by atomic mass is 32.1. The number of primary amides is 1. The summed E-state index contributed by atoms with van der Waals surface area (Å²) in [4.78, 5) is 25.9. The zero-order chi connectivity index (χ0) is 20.8. The topological polar surface area (TPSA) is 103 Å². The molecule has 2 amide bonds. The van der Waals surface area contributed by atoms with E-state index in [9.17, 15) is 9.59 Å². The van der Waals surface area contributed by atoms with Gasteiger partial charge in [-0.05, 0) is 31.5 Å². The van der Waals surface area contributed by atoms with E-state index in [1.54, 1.807) is 45.8 Å². The molecular weight excluding hydrogens is 382 g/mol. The van der Waals surface area contributed by atoms with Crippen molar-refractivity contribution in [2.45, 2.75) is 19.5 Å². The number of rotatable bonds is 9. The Hall–Kier alpha value is -2.78. The molecule has 0 aliphatic heterocycles. The van der Waals surface area contributed by atoms with Crippen LogP contribution in [0.25, 0.3) is 0 Å². The van der Waals surface area contributed by atoms with E-state index in [0.29, 0.717) is 34.4 Å². The van der Waals surface area contributed by atoms with Crippen LogP contribution in [0.5, 0.6) is 17.2 Å². The Morgan fingerprint density at radius 3 is 2.39 bits per heavy atom. The van der Waals surface area contributed by atoms with Gasteiger partial charge >= 0.3 is 0 Å². The quantitative estimate of drug-likeness (QED) is 0.661. The van der Waals surface area contributed by atoms with Crippen molar-refractivity contribution in [1.82, 2.24) is 4.90 Å². The Labute approximate surface area is 168 Å². The number of thiophene rings is 1. The number of ether oxygens (including phenoxy) is 3. The Morgan fingerprint density at radius 1 is 1.14 bits per heavy atom. The zero-order valence-corrected chi connectivity index (χ0v) is 17.4. The third-order valence-electron chi connectivity index (χ3n) is 4.41. The van der Waals surface area contributed by atoms with E-state index in [2.05, 4.69) is 5.32 Å². The molecule has 28 heavy (non-hydrogen) atoms. The molecule has 8 nitrogen and oxygen atoms in total. The summed E-state index contributed by atoms with van der Waals surface area (Å²) < 4.78 is 16.2. The van der Waals surface area contributed by atoms with Crippen LogP contribution in [0, 0.1) is 0 Å². The van der Waals surface area contributed by atoms with Gasteiger partial charge in [0, 0.05) is 12.1 Å². The molecule has 1 unspecified atom stereocenters. The lowest BCUT2D eigenvalue weighted by atomic mass is 10.1. The molecule has 152 valence electrons. The predicted molar refractivity (Wildman–Crippen MR) is 108 cm³/mol. The SMILES string of the molecule is COc1ccc(CN(C)C(C)C(=O)Nc2sccc2C(N)=O)c(OC)c1OC. The zero-order valence-electron chi connectivity index (χ0n) is 16.6. The number of carbonyl (C=O) groups is 2. The lowest BCUT2D eigenvalue weighted by Crippen LogP contribution is -2.39. The fourth-order valence-corrected chi connectivity index (χ4v) is 3.51. The Bertz CT molecular complexity index is 852. The van der Waals surface area contributed by atoms with E-state index in [1.165, 1.54) is 11.3 Å². The molecule has 9 heteroatoms. The van der Waals surface area contributed by atoms with Crippen molar-refractivity contribution < 1.29 is 23.8 Å². The molecule has 1 aromatic carbocycles. The summed E-state index contributed by atoms with van der Waals surface area (Å²) >= 11 is 1.25. The number of benzene rings is 1. The van der Waals surface area contributed by atoms with E-state index >= 15 is 0 Å². The van der Waals surface area contributed by atoms with Gasteiger partial charge in [0.2, 0.25) is 11.7 Å². The first kappa shape index (κ1) is 21.5. The van der Waals surface area contributed by atoms with E-state index in [4.69, 9.17) is 19.9 Å². The fourth-order valence-electron chi connectivity index (χ4n) is 2.71. The Balaban J connectivity index is 2.15. The van der Waals surface area contributed by atoms with Gasteiger partial charge in [0.25, 0.3) is 5.91 Å². The molecule has 2 aromatic rings. The first-order chi connectivity index (χ1) is 13.3. The number of hydrogen-bond donors (Lipinski definition) is 2. The van der Waals surface area contributed by atoms with Crippen LogP contribution in [0.3, 0.4) is 0 Å².